The molecule has 1 amide bonds. The van der Waals surface area contributed by atoms with E-state index in [2.05, 4.69) is 5.32 Å². The molecule has 0 unspecified atom stereocenters. The summed E-state index contributed by atoms with van der Waals surface area (Å²) in [6.45, 7) is 2.94. The number of benzene rings is 2. The lowest BCUT2D eigenvalue weighted by Gasteiger charge is -2.33. The zero-order valence-electron chi connectivity index (χ0n) is 16.4. The summed E-state index contributed by atoms with van der Waals surface area (Å²) in [5.41, 5.74) is 1.32. The number of carbonyl (C=O) groups is 1. The van der Waals surface area contributed by atoms with Gasteiger partial charge in [0.15, 0.2) is 11.6 Å². The molecule has 0 aromatic heterocycles. The number of hydrogen-bond acceptors (Lipinski definition) is 5. The highest BCUT2D eigenvalue weighted by Crippen LogP contribution is 2.31. The first-order chi connectivity index (χ1) is 13.9. The number of nitro benzene ring substituents is 1. The largest absolute Gasteiger partial charge is 0.494 e. The standard InChI is InChI=1S/C21H24FN3O4/c1-14(16-7-8-20(29-2)17(22)13-16)23-21(26)15-9-11-24(12-10-15)18-5-3-4-6-19(18)25(27)28/h3-8,13-15H,9-12H2,1-2H3,(H,23,26)/t14-/m0/s1. The summed E-state index contributed by atoms with van der Waals surface area (Å²) in [7, 11) is 1.40. The smallest absolute Gasteiger partial charge is 0.292 e. The summed E-state index contributed by atoms with van der Waals surface area (Å²) in [6, 6.07) is 10.9. The summed E-state index contributed by atoms with van der Waals surface area (Å²) < 4.78 is 18.8. The number of para-hydroxylation sites is 2. The molecule has 154 valence electrons. The Morgan fingerprint density at radius 1 is 1.28 bits per heavy atom. The number of methoxy groups -OCH3 is 1. The van der Waals surface area contributed by atoms with Crippen LogP contribution in [0.2, 0.25) is 0 Å². The molecule has 2 aromatic carbocycles. The van der Waals surface area contributed by atoms with E-state index in [-0.39, 0.29) is 34.2 Å². The van der Waals surface area contributed by atoms with Gasteiger partial charge in [-0.1, -0.05) is 18.2 Å². The van der Waals surface area contributed by atoms with Gasteiger partial charge in [0.25, 0.3) is 5.69 Å². The van der Waals surface area contributed by atoms with E-state index in [0.717, 1.165) is 0 Å². The lowest BCUT2D eigenvalue weighted by Crippen LogP contribution is -2.41. The van der Waals surface area contributed by atoms with Gasteiger partial charge in [-0.15, -0.1) is 0 Å². The van der Waals surface area contributed by atoms with E-state index in [1.54, 1.807) is 30.3 Å². The molecule has 1 N–H and O–H groups in total. The first-order valence-electron chi connectivity index (χ1n) is 9.53. The zero-order valence-corrected chi connectivity index (χ0v) is 16.4. The maximum absolute atomic E-state index is 13.9. The molecule has 3 rings (SSSR count). The Balaban J connectivity index is 1.59. The topological polar surface area (TPSA) is 84.7 Å². The number of nitrogens with one attached hydrogen (secondary N) is 1. The molecule has 7 nitrogen and oxygen atoms in total. The minimum atomic E-state index is -0.469. The van der Waals surface area contributed by atoms with Crippen LogP contribution < -0.4 is 15.0 Å². The SMILES string of the molecule is COc1ccc([C@H](C)NC(=O)C2CCN(c3ccccc3[N+](=O)[O-])CC2)cc1F. The number of halogens is 1. The number of piperidine rings is 1. The second-order valence-corrected chi connectivity index (χ2v) is 7.13. The molecular formula is C21H24FN3O4. The van der Waals surface area contributed by atoms with Crippen molar-refractivity contribution < 1.29 is 18.8 Å². The van der Waals surface area contributed by atoms with Crippen LogP contribution in [0.4, 0.5) is 15.8 Å². The third kappa shape index (κ3) is 4.64. The van der Waals surface area contributed by atoms with Crippen LogP contribution in [-0.2, 0) is 4.79 Å². The summed E-state index contributed by atoms with van der Waals surface area (Å²) in [4.78, 5) is 25.5. The fraction of sp³-hybridized carbons (Fsp3) is 0.381. The number of rotatable bonds is 6. The molecule has 1 saturated heterocycles. The number of hydrogen-bond donors (Lipinski definition) is 1. The van der Waals surface area contributed by atoms with Crippen molar-refractivity contribution >= 4 is 17.3 Å². The molecule has 2 aromatic rings. The monoisotopic (exact) mass is 401 g/mol. The van der Waals surface area contributed by atoms with Gasteiger partial charge in [0.2, 0.25) is 5.91 Å². The molecule has 0 aliphatic carbocycles. The van der Waals surface area contributed by atoms with Gasteiger partial charge in [0.1, 0.15) is 5.69 Å². The molecule has 1 aliphatic rings. The van der Waals surface area contributed by atoms with E-state index in [0.29, 0.717) is 37.2 Å². The van der Waals surface area contributed by atoms with E-state index >= 15 is 0 Å². The van der Waals surface area contributed by atoms with Crippen LogP contribution in [0.1, 0.15) is 31.4 Å². The predicted molar refractivity (Wildman–Crippen MR) is 108 cm³/mol. The Bertz CT molecular complexity index is 897. The Morgan fingerprint density at radius 3 is 2.59 bits per heavy atom. The average molecular weight is 401 g/mol. The van der Waals surface area contributed by atoms with Gasteiger partial charge in [-0.3, -0.25) is 14.9 Å². The van der Waals surface area contributed by atoms with Crippen molar-refractivity contribution in [2.75, 3.05) is 25.1 Å². The molecule has 1 heterocycles. The molecule has 0 spiro atoms. The fourth-order valence-corrected chi connectivity index (χ4v) is 3.64. The van der Waals surface area contributed by atoms with Crippen LogP contribution in [0, 0.1) is 21.8 Å². The van der Waals surface area contributed by atoms with Crippen molar-refractivity contribution in [3.8, 4) is 5.75 Å². The summed E-state index contributed by atoms with van der Waals surface area (Å²) in [5.74, 6) is -0.575. The Morgan fingerprint density at radius 2 is 1.97 bits per heavy atom. The predicted octanol–water partition coefficient (Wildman–Crippen LogP) is 3.84. The van der Waals surface area contributed by atoms with Gasteiger partial charge in [0.05, 0.1) is 18.1 Å². The van der Waals surface area contributed by atoms with Gasteiger partial charge < -0.3 is 15.0 Å². The molecular weight excluding hydrogens is 377 g/mol. The number of nitro groups is 1. The second kappa shape index (κ2) is 8.89. The van der Waals surface area contributed by atoms with Crippen LogP contribution in [0.3, 0.4) is 0 Å². The third-order valence-electron chi connectivity index (χ3n) is 5.32. The summed E-state index contributed by atoms with van der Waals surface area (Å²) in [5, 5.41) is 14.2. The summed E-state index contributed by atoms with van der Waals surface area (Å²) >= 11 is 0. The molecule has 1 atom stereocenters. The lowest BCUT2D eigenvalue weighted by molar-refractivity contribution is -0.384. The van der Waals surface area contributed by atoms with E-state index in [9.17, 15) is 19.3 Å². The maximum atomic E-state index is 13.9. The minimum Gasteiger partial charge on any atom is -0.494 e. The molecule has 1 fully saturated rings. The minimum absolute atomic E-state index is 0.0746. The van der Waals surface area contributed by atoms with Gasteiger partial charge in [-0.05, 0) is 43.5 Å². The molecule has 0 saturated carbocycles. The Kier molecular flexibility index (Phi) is 6.31. The van der Waals surface area contributed by atoms with Crippen molar-refractivity contribution in [3.05, 3.63) is 64.0 Å². The van der Waals surface area contributed by atoms with Crippen LogP contribution in [0.15, 0.2) is 42.5 Å². The number of ether oxygens (including phenoxy) is 1. The van der Waals surface area contributed by atoms with Crippen molar-refractivity contribution in [2.24, 2.45) is 5.92 Å². The number of carbonyl (C=O) groups excluding carboxylic acids is 1. The Labute approximate surface area is 168 Å². The van der Waals surface area contributed by atoms with Crippen LogP contribution in [0.25, 0.3) is 0 Å². The van der Waals surface area contributed by atoms with Crippen molar-refractivity contribution in [3.63, 3.8) is 0 Å². The van der Waals surface area contributed by atoms with E-state index < -0.39 is 5.82 Å². The fourth-order valence-electron chi connectivity index (χ4n) is 3.64. The normalized spacial score (nSPS) is 15.6. The lowest BCUT2D eigenvalue weighted by atomic mass is 9.94. The van der Waals surface area contributed by atoms with Gasteiger partial charge in [0, 0.05) is 25.1 Å². The zero-order chi connectivity index (χ0) is 21.0. The molecule has 8 heteroatoms. The summed E-state index contributed by atoms with van der Waals surface area (Å²) in [6.07, 6.45) is 1.20. The number of nitrogens with zero attached hydrogens (tertiary/aromatic N) is 2. The molecule has 0 bridgehead atoms. The first kappa shape index (κ1) is 20.6. The molecule has 0 radical (unpaired) electrons. The van der Waals surface area contributed by atoms with E-state index in [4.69, 9.17) is 4.74 Å². The van der Waals surface area contributed by atoms with E-state index in [1.165, 1.54) is 19.2 Å². The number of anilines is 1. The van der Waals surface area contributed by atoms with Crippen molar-refractivity contribution in [2.45, 2.75) is 25.8 Å². The van der Waals surface area contributed by atoms with E-state index in [1.807, 2.05) is 11.8 Å². The third-order valence-corrected chi connectivity index (χ3v) is 5.32. The highest BCUT2D eigenvalue weighted by Gasteiger charge is 2.28. The highest BCUT2D eigenvalue weighted by molar-refractivity contribution is 5.79. The van der Waals surface area contributed by atoms with Crippen molar-refractivity contribution in [1.29, 1.82) is 0 Å². The number of amides is 1. The van der Waals surface area contributed by atoms with Gasteiger partial charge >= 0.3 is 0 Å². The average Bonchev–Trinajstić information content (AvgIpc) is 2.73. The van der Waals surface area contributed by atoms with Crippen molar-refractivity contribution in [1.82, 2.24) is 5.32 Å². The highest BCUT2D eigenvalue weighted by atomic mass is 19.1. The Hall–Kier alpha value is -3.16. The quantitative estimate of drug-likeness (QED) is 0.587. The maximum Gasteiger partial charge on any atom is 0.292 e. The van der Waals surface area contributed by atoms with Crippen LogP contribution in [0.5, 0.6) is 5.75 Å². The first-order valence-corrected chi connectivity index (χ1v) is 9.53. The molecule has 29 heavy (non-hydrogen) atoms. The van der Waals surface area contributed by atoms with Gasteiger partial charge in [-0.25, -0.2) is 4.39 Å². The van der Waals surface area contributed by atoms with Crippen LogP contribution >= 0.6 is 0 Å². The van der Waals surface area contributed by atoms with Gasteiger partial charge in [-0.2, -0.15) is 0 Å². The van der Waals surface area contributed by atoms with Crippen LogP contribution in [-0.4, -0.2) is 31.0 Å². The molecule has 1 aliphatic heterocycles. The second-order valence-electron chi connectivity index (χ2n) is 7.13.